The van der Waals surface area contributed by atoms with Crippen molar-refractivity contribution in [2.45, 2.75) is 19.3 Å². The second kappa shape index (κ2) is 6.77. The van der Waals surface area contributed by atoms with Crippen LogP contribution in [0.1, 0.15) is 19.4 Å². The zero-order valence-corrected chi connectivity index (χ0v) is 15.0. The van der Waals surface area contributed by atoms with E-state index in [0.29, 0.717) is 0 Å². The third-order valence-corrected chi connectivity index (χ3v) is 4.53. The van der Waals surface area contributed by atoms with Crippen molar-refractivity contribution in [2.75, 3.05) is 12.4 Å². The first-order chi connectivity index (χ1) is 10.5. The van der Waals surface area contributed by atoms with Gasteiger partial charge in [0, 0.05) is 34.6 Å². The van der Waals surface area contributed by atoms with Crippen molar-refractivity contribution in [2.24, 2.45) is 0 Å². The van der Waals surface area contributed by atoms with Gasteiger partial charge in [0.2, 0.25) is 5.69 Å². The molecule has 0 bridgehead atoms. The summed E-state index contributed by atoms with van der Waals surface area (Å²) in [6, 6.07) is 16.3. The summed E-state index contributed by atoms with van der Waals surface area (Å²) in [5.41, 5.74) is 4.94. The molecule has 0 unspecified atom stereocenters. The standard InChI is InChI=1S/C19H19ClN2.ClH/c1-19(2)16-6-4-5-7-17(16)22(3)18(19)12-13-21-15-10-8-14(20)9-11-15;/h4-13H,1-3H3;1H. The molecule has 1 aliphatic heterocycles. The minimum absolute atomic E-state index is 0. The van der Waals surface area contributed by atoms with Gasteiger partial charge < -0.3 is 17.7 Å². The van der Waals surface area contributed by atoms with Crippen molar-refractivity contribution in [3.05, 3.63) is 71.4 Å². The number of para-hydroxylation sites is 1. The molecule has 0 saturated heterocycles. The van der Waals surface area contributed by atoms with Crippen molar-refractivity contribution in [3.63, 3.8) is 0 Å². The Balaban J connectivity index is 0.00000192. The Kier molecular flexibility index (Phi) is 5.18. The summed E-state index contributed by atoms with van der Waals surface area (Å²) in [6.45, 7) is 4.52. The quantitative estimate of drug-likeness (QED) is 0.839. The normalized spacial score (nSPS) is 15.5. The zero-order valence-electron chi connectivity index (χ0n) is 13.5. The van der Waals surface area contributed by atoms with Crippen LogP contribution in [0.25, 0.3) is 0 Å². The summed E-state index contributed by atoms with van der Waals surface area (Å²) in [7, 11) is 2.12. The Labute approximate surface area is 148 Å². The summed E-state index contributed by atoms with van der Waals surface area (Å²) >= 11 is 5.90. The van der Waals surface area contributed by atoms with Crippen LogP contribution in [0.2, 0.25) is 5.02 Å². The Bertz CT molecular complexity index is 759. The summed E-state index contributed by atoms with van der Waals surface area (Å²) in [5, 5.41) is 4.04. The summed E-state index contributed by atoms with van der Waals surface area (Å²) in [6.07, 6.45) is 4.14. The van der Waals surface area contributed by atoms with Crippen molar-refractivity contribution in [3.8, 4) is 0 Å². The average Bonchev–Trinajstić information content (AvgIpc) is 2.70. The van der Waals surface area contributed by atoms with Crippen LogP contribution in [0.3, 0.4) is 0 Å². The lowest BCUT2D eigenvalue weighted by Crippen LogP contribution is -3.00. The summed E-state index contributed by atoms with van der Waals surface area (Å²) in [4.78, 5) is 0. The molecular formula is C19H20Cl2N2. The molecule has 0 amide bonds. The van der Waals surface area contributed by atoms with Gasteiger partial charge in [0.05, 0.1) is 5.41 Å². The molecule has 120 valence electrons. The molecule has 0 atom stereocenters. The van der Waals surface area contributed by atoms with Gasteiger partial charge in [-0.25, -0.2) is 0 Å². The number of anilines is 1. The Morgan fingerprint density at radius 1 is 1.04 bits per heavy atom. The van der Waals surface area contributed by atoms with Gasteiger partial charge in [-0.2, -0.15) is 4.58 Å². The average molecular weight is 347 g/mol. The highest BCUT2D eigenvalue weighted by atomic mass is 35.5. The lowest BCUT2D eigenvalue weighted by Gasteiger charge is -2.15. The monoisotopic (exact) mass is 346 g/mol. The molecule has 23 heavy (non-hydrogen) atoms. The predicted molar refractivity (Wildman–Crippen MR) is 94.5 cm³/mol. The van der Waals surface area contributed by atoms with Crippen LogP contribution in [0, 0.1) is 0 Å². The molecule has 0 spiro atoms. The first kappa shape index (κ1) is 17.6. The first-order valence-corrected chi connectivity index (χ1v) is 7.77. The second-order valence-electron chi connectivity index (χ2n) is 6.07. The molecule has 1 aliphatic rings. The molecule has 0 saturated carbocycles. The van der Waals surface area contributed by atoms with Gasteiger partial charge >= 0.3 is 0 Å². The highest BCUT2D eigenvalue weighted by Crippen LogP contribution is 2.38. The summed E-state index contributed by atoms with van der Waals surface area (Å²) < 4.78 is 2.26. The number of nitrogens with one attached hydrogen (secondary N) is 1. The van der Waals surface area contributed by atoms with Gasteiger partial charge in [0.15, 0.2) is 5.71 Å². The second-order valence-corrected chi connectivity index (χ2v) is 6.51. The molecular weight excluding hydrogens is 327 g/mol. The van der Waals surface area contributed by atoms with Crippen LogP contribution in [-0.4, -0.2) is 17.3 Å². The van der Waals surface area contributed by atoms with Crippen LogP contribution in [0.5, 0.6) is 0 Å². The van der Waals surface area contributed by atoms with E-state index in [9.17, 15) is 0 Å². The Hall–Kier alpha value is -1.77. The molecule has 3 rings (SSSR count). The van der Waals surface area contributed by atoms with E-state index >= 15 is 0 Å². The van der Waals surface area contributed by atoms with Crippen molar-refractivity contribution in [1.29, 1.82) is 0 Å². The minimum Gasteiger partial charge on any atom is -1.00 e. The maximum absolute atomic E-state index is 5.90. The predicted octanol–water partition coefficient (Wildman–Crippen LogP) is 1.98. The van der Waals surface area contributed by atoms with E-state index in [0.717, 1.165) is 10.7 Å². The largest absolute Gasteiger partial charge is 1.00 e. The lowest BCUT2D eigenvalue weighted by atomic mass is 9.81. The molecule has 0 aliphatic carbocycles. The van der Waals surface area contributed by atoms with Crippen LogP contribution in [-0.2, 0) is 5.41 Å². The highest BCUT2D eigenvalue weighted by Gasteiger charge is 2.42. The molecule has 0 aromatic heterocycles. The maximum Gasteiger partial charge on any atom is 0.209 e. The fraction of sp³-hybridized carbons (Fsp3) is 0.211. The van der Waals surface area contributed by atoms with Crippen molar-refractivity contribution in [1.82, 2.24) is 0 Å². The number of rotatable bonds is 3. The fourth-order valence-corrected chi connectivity index (χ4v) is 3.19. The van der Waals surface area contributed by atoms with Gasteiger partial charge in [-0.1, -0.05) is 29.8 Å². The number of allylic oxidation sites excluding steroid dienone is 1. The smallest absolute Gasteiger partial charge is 0.209 e. The van der Waals surface area contributed by atoms with E-state index in [1.165, 1.54) is 17.0 Å². The number of fused-ring (bicyclic) bond motifs is 1. The molecule has 0 radical (unpaired) electrons. The minimum atomic E-state index is 0. The van der Waals surface area contributed by atoms with Gasteiger partial charge in [-0.05, 0) is 38.1 Å². The van der Waals surface area contributed by atoms with Crippen LogP contribution >= 0.6 is 11.6 Å². The Morgan fingerprint density at radius 2 is 1.70 bits per heavy atom. The zero-order chi connectivity index (χ0) is 15.7. The van der Waals surface area contributed by atoms with Crippen LogP contribution in [0.15, 0.2) is 60.8 Å². The number of halogens is 2. The topological polar surface area (TPSA) is 15.0 Å². The van der Waals surface area contributed by atoms with Gasteiger partial charge in [-0.15, -0.1) is 0 Å². The highest BCUT2D eigenvalue weighted by molar-refractivity contribution is 6.30. The molecule has 0 fully saturated rings. The van der Waals surface area contributed by atoms with Crippen molar-refractivity contribution < 1.29 is 17.0 Å². The molecule has 2 aromatic carbocycles. The summed E-state index contributed by atoms with van der Waals surface area (Å²) in [5.74, 6) is 0. The third-order valence-electron chi connectivity index (χ3n) is 4.28. The van der Waals surface area contributed by atoms with E-state index in [4.69, 9.17) is 11.6 Å². The van der Waals surface area contributed by atoms with Crippen molar-refractivity contribution >= 4 is 28.7 Å². The molecule has 1 N–H and O–H groups in total. The third kappa shape index (κ3) is 3.29. The molecule has 2 aromatic rings. The molecule has 4 heteroatoms. The van der Waals surface area contributed by atoms with E-state index in [1.54, 1.807) is 0 Å². The number of hydrogen-bond acceptors (Lipinski definition) is 1. The van der Waals surface area contributed by atoms with Gasteiger partial charge in [0.1, 0.15) is 7.05 Å². The maximum atomic E-state index is 5.90. The van der Waals surface area contributed by atoms with E-state index in [2.05, 4.69) is 61.1 Å². The first-order valence-electron chi connectivity index (χ1n) is 7.39. The molecule has 1 heterocycles. The fourth-order valence-electron chi connectivity index (χ4n) is 3.06. The SMILES string of the molecule is C[N+]1=C(/C=C/Nc2ccc(Cl)cc2)C(C)(C)c2ccccc21.[Cl-]. The molecule has 2 nitrogen and oxygen atoms in total. The number of benzene rings is 2. The van der Waals surface area contributed by atoms with Crippen LogP contribution < -0.4 is 17.7 Å². The number of hydrogen-bond donors (Lipinski definition) is 1. The lowest BCUT2D eigenvalue weighted by molar-refractivity contribution is -0.401. The van der Waals surface area contributed by atoms with E-state index < -0.39 is 0 Å². The Morgan fingerprint density at radius 3 is 2.35 bits per heavy atom. The van der Waals surface area contributed by atoms with E-state index in [1.807, 2.05) is 30.5 Å². The van der Waals surface area contributed by atoms with Crippen LogP contribution in [0.4, 0.5) is 11.4 Å². The number of nitrogens with zero attached hydrogens (tertiary/aromatic N) is 1. The van der Waals surface area contributed by atoms with Gasteiger partial charge in [-0.3, -0.25) is 0 Å². The van der Waals surface area contributed by atoms with Gasteiger partial charge in [0.25, 0.3) is 0 Å². The van der Waals surface area contributed by atoms with E-state index in [-0.39, 0.29) is 17.8 Å².